The van der Waals surface area contributed by atoms with Gasteiger partial charge in [-0.2, -0.15) is 0 Å². The van der Waals surface area contributed by atoms with Crippen LogP contribution in [0, 0.1) is 52.3 Å². The fraction of sp³-hybridized carbons (Fsp3) is 1.00. The molecular weight excluding hydrogens is 2290 g/mol. The molecule has 0 radical (unpaired) electrons. The van der Waals surface area contributed by atoms with Crippen LogP contribution in [-0.4, -0.2) is 324 Å². The third-order valence-corrected chi connectivity index (χ3v) is 27.8. The van der Waals surface area contributed by atoms with Crippen molar-refractivity contribution in [1.29, 1.82) is 0 Å². The van der Waals surface area contributed by atoms with Gasteiger partial charge >= 0.3 is 384 Å². The van der Waals surface area contributed by atoms with Crippen LogP contribution in [0.2, 0.25) is 0 Å². The predicted molar refractivity (Wildman–Crippen MR) is 361 cm³/mol. The second-order valence-electron chi connectivity index (χ2n) is 30.2. The van der Waals surface area contributed by atoms with Crippen molar-refractivity contribution in [2.75, 3.05) is 26.4 Å². The van der Waals surface area contributed by atoms with Crippen LogP contribution < -0.4 is 384 Å². The molecule has 0 amide bonds. The van der Waals surface area contributed by atoms with Gasteiger partial charge in [0, 0.05) is 0 Å². The number of fused-ring (bicyclic) bond motifs is 5. The molecule has 137 heavy (non-hydrogen) atoms. The van der Waals surface area contributed by atoms with Gasteiger partial charge in [0.05, 0.1) is 32.5 Å². The Morgan fingerprint density at radius 3 is 0.803 bits per heavy atom. The van der Waals surface area contributed by atoms with E-state index in [9.17, 15) is 169 Å². The fourth-order valence-corrected chi connectivity index (χ4v) is 23.4. The van der Waals surface area contributed by atoms with Crippen LogP contribution in [0.15, 0.2) is 0 Å². The number of rotatable bonds is 43. The summed E-state index contributed by atoms with van der Waals surface area (Å²) < 4.78 is 585. The molecule has 0 spiro atoms. The topological polar surface area (TPSA) is 937 Å². The quantitative estimate of drug-likeness (QED) is 0.0237. The van der Waals surface area contributed by atoms with Crippen molar-refractivity contribution >= 4 is 135 Å². The molecule has 0 aromatic rings. The van der Waals surface area contributed by atoms with Crippen LogP contribution in [0.4, 0.5) is 0 Å². The van der Waals surface area contributed by atoms with Gasteiger partial charge in [-0.15, -0.1) is 0 Å². The van der Waals surface area contributed by atoms with Gasteiger partial charge in [0.25, 0.3) is 0 Å². The molecule has 0 aromatic heterocycles. The summed E-state index contributed by atoms with van der Waals surface area (Å²) in [4.78, 5) is 0. The van der Waals surface area contributed by atoms with E-state index < -0.39 is 296 Å². The Morgan fingerprint density at radius 1 is 0.277 bits per heavy atom. The summed E-state index contributed by atoms with van der Waals surface area (Å²) >= 11 is 0. The first-order chi connectivity index (χ1) is 55.9. The molecule has 4 aliphatic carbocycles. The van der Waals surface area contributed by atoms with E-state index in [0.717, 1.165) is 44.9 Å². The maximum absolute atomic E-state index is 13.0. The van der Waals surface area contributed by atoms with Gasteiger partial charge < -0.3 is 97.1 Å². The molecule has 8 rings (SSSR count). The van der Waals surface area contributed by atoms with Crippen molar-refractivity contribution in [3.05, 3.63) is 0 Å². The summed E-state index contributed by atoms with van der Waals surface area (Å²) in [5.41, 5.74) is -0.500. The van der Waals surface area contributed by atoms with Gasteiger partial charge in [0.2, 0.25) is 135 Å². The van der Waals surface area contributed by atoms with E-state index in [-0.39, 0.29) is 427 Å². The van der Waals surface area contributed by atoms with Crippen molar-refractivity contribution in [3.8, 4) is 0 Å². The number of ether oxygens (including phenoxy) is 8. The molecule has 0 bridgehead atoms. The smallest absolute Gasteiger partial charge is 0.726 e. The standard InChI is InChI=1S/C51H88O60S13.13Na/c1-22(2)7-6-8-23(3)27-11-12-28-26-10-9-24-17-25(13-15-50(24,4)29(26)14-16-51(27,28)5)95-46-42(108-121(79,80)81)38(104-117(67,68)69)34(30(96-46)18-91-112(52,53)54)100-47-43(109-122(82,83)84)39(105-118(70,71)72)35(31(97-47)19-92-113(55,56)57)101-48-44(110-123(85,86)87)40(106-119(73,74)75)36(32(98-48)20-93-114(58,59)60)102-49-45(111-124(88,89)90)41(107-120(76,77)78)37(103-116(64,65)66)33(99-49)21-94-115(61,62)63;;;;;;;;;;;;;/h22-49H,6-21H2,1-5H3,(H,52,53,54)(H,55,56,57)(H,58,59,60)(H,61,62,63)(H,64,65,66)(H,67,68,69)(H,70,71,72)(H,73,74,75)(H,76,77,78)(H,79,80,81)(H,82,83,84)(H,85,86,87)(H,88,89,90);;;;;;;;;;;;;/q;13*+1/p-13/t23-,24?,25?,26+,27-,28+,29+,30-,31-,32-,33-,34?,35?,36?,37-,38+,39+,40+,41+,42-,43-,44-,45-,46?,47?,48?,49?,50+,51-;;;;;;;;;;;;;/m1............./s1. The Balaban J connectivity index is -0.00000330. The van der Waals surface area contributed by atoms with Crippen molar-refractivity contribution in [2.24, 2.45) is 52.3 Å². The molecule has 86 heteroatoms. The van der Waals surface area contributed by atoms with Crippen LogP contribution in [0.3, 0.4) is 0 Å². The maximum Gasteiger partial charge on any atom is 1.00 e. The minimum absolute atomic E-state index is 0. The van der Waals surface area contributed by atoms with Crippen LogP contribution in [0.1, 0.15) is 112 Å². The van der Waals surface area contributed by atoms with E-state index in [1.165, 1.54) is 0 Å². The first kappa shape index (κ1) is 159. The first-order valence-corrected chi connectivity index (χ1v) is 52.7. The Bertz CT molecular complexity index is 5380. The summed E-state index contributed by atoms with van der Waals surface area (Å²) in [7, 11) is -87.9. The van der Waals surface area contributed by atoms with Crippen molar-refractivity contribution in [3.63, 3.8) is 0 Å². The zero-order valence-corrected chi connectivity index (χ0v) is 113. The minimum atomic E-state index is -7.13. The molecule has 8 fully saturated rings. The Hall–Kier alpha value is 11.0. The first-order valence-electron chi connectivity index (χ1n) is 35.4. The van der Waals surface area contributed by atoms with Gasteiger partial charge in [0.1, 0.15) is 73.2 Å². The number of hydrogen-bond donors (Lipinski definition) is 0. The predicted octanol–water partition coefficient (Wildman–Crippen LogP) is -46.9. The zero-order valence-electron chi connectivity index (χ0n) is 76.3. The van der Waals surface area contributed by atoms with Gasteiger partial charge in [-0.25, -0.2) is 109 Å². The second kappa shape index (κ2) is 63.6. The van der Waals surface area contributed by atoms with Gasteiger partial charge in [0.15, 0.2) is 49.6 Å². The summed E-state index contributed by atoms with van der Waals surface area (Å²) in [5.74, 6) is 1.67. The number of hydrogen-bond acceptors (Lipinski definition) is 60. The third-order valence-electron chi connectivity index (χ3n) is 22.0. The molecule has 730 valence electrons. The summed E-state index contributed by atoms with van der Waals surface area (Å²) in [6.07, 6.45) is -67.5. The molecule has 4 saturated heterocycles. The van der Waals surface area contributed by atoms with E-state index >= 15 is 0 Å². The molecule has 9 unspecified atom stereocenters. The van der Waals surface area contributed by atoms with Gasteiger partial charge in [-0.1, -0.05) is 53.9 Å². The largest absolute Gasteiger partial charge is 1.00 e. The third kappa shape index (κ3) is 51.9. The average molecular weight is 2360 g/mol. The SMILES string of the molecule is CC(C)CCC[C@@H](C)[C@H]1CC[C@H]2[C@@H]3CCC4CC(OC5O[C@H](COS(=O)(=O)[O-])C(OC6O[C@H](COS(=O)(=O)[O-])C(OC7O[C@H](COS(=O)(=O)[O-])C(OC8O[C@H](COS(=O)(=O)[O-])[C@@H](OS(=O)(=O)[O-])[C@H](OS(=O)(=O)[O-])[C@H]8OS(=O)(=O)[O-])[C@H](OS(=O)(=O)[O-])[C@H]7OS(=O)(=O)[O-])[C@H](OS(=O)(=O)[O-])[C@H]6OS(=O)(=O)[O-])[C@H](OS(=O)(=O)[O-])[C@H]5OS(=O)(=O)[O-])CC[C@]4(C)[C@H]3CC[C@]12C.[Na+].[Na+].[Na+].[Na+].[Na+].[Na+].[Na+].[Na+].[Na+].[Na+].[Na+].[Na+].[Na+]. The second-order valence-corrected chi connectivity index (χ2v) is 43.5. The molecular formula is C51H75Na13O60S13. The molecule has 4 heterocycles. The minimum Gasteiger partial charge on any atom is -0.726 e. The molecule has 0 aromatic carbocycles. The van der Waals surface area contributed by atoms with E-state index in [4.69, 9.17) is 37.9 Å². The average Bonchev–Trinajstić information content (AvgIpc) is 1.64. The van der Waals surface area contributed by atoms with E-state index in [1.807, 2.05) is 6.92 Å². The monoisotopic (exact) mass is 2360 g/mol. The normalized spacial score (nSPS) is 33.6. The zero-order chi connectivity index (χ0) is 93.8. The maximum atomic E-state index is 13.0. The van der Waals surface area contributed by atoms with E-state index in [2.05, 4.69) is 82.1 Å². The fourth-order valence-electron chi connectivity index (χ4n) is 17.8. The molecule has 4 saturated carbocycles. The Labute approximate surface area is 1080 Å². The van der Waals surface area contributed by atoms with Gasteiger partial charge in [-0.3, -0.25) is 54.4 Å². The van der Waals surface area contributed by atoms with Crippen molar-refractivity contribution in [1.82, 2.24) is 0 Å². The summed E-state index contributed by atoms with van der Waals surface area (Å²) in [5, 5.41) is 0. The molecule has 4 aliphatic heterocycles. The van der Waals surface area contributed by atoms with Crippen LogP contribution >= 0.6 is 0 Å². The molecule has 0 N–H and O–H groups in total. The molecule has 60 nitrogen and oxygen atoms in total. The van der Waals surface area contributed by atoms with Crippen LogP contribution in [0.25, 0.3) is 0 Å². The van der Waals surface area contributed by atoms with Crippen molar-refractivity contribution < 1.29 is 645 Å². The summed E-state index contributed by atoms with van der Waals surface area (Å²) in [6.45, 7) is 1.40. The summed E-state index contributed by atoms with van der Waals surface area (Å²) in [6, 6.07) is 0. The Kier molecular flexibility index (Phi) is 73.6. The molecule has 29 atom stereocenters. The van der Waals surface area contributed by atoms with Crippen LogP contribution in [0.5, 0.6) is 0 Å². The Morgan fingerprint density at radius 2 is 0.526 bits per heavy atom. The molecule has 8 aliphatic rings. The van der Waals surface area contributed by atoms with Crippen LogP contribution in [-0.2, 0) is 227 Å². The van der Waals surface area contributed by atoms with E-state index in [1.54, 1.807) is 0 Å². The van der Waals surface area contributed by atoms with E-state index in [0.29, 0.717) is 36.5 Å². The van der Waals surface area contributed by atoms with Gasteiger partial charge in [-0.05, 0) is 110 Å². The van der Waals surface area contributed by atoms with Crippen molar-refractivity contribution in [2.45, 2.75) is 241 Å².